The van der Waals surface area contributed by atoms with Gasteiger partial charge in [0.25, 0.3) is 11.8 Å². The quantitative estimate of drug-likeness (QED) is 0.475. The van der Waals surface area contributed by atoms with Crippen LogP contribution in [-0.4, -0.2) is 59.4 Å². The molecule has 8 nitrogen and oxygen atoms in total. The van der Waals surface area contributed by atoms with Crippen LogP contribution < -0.4 is 15.8 Å². The number of amides is 2. The molecule has 2 fully saturated rings. The normalized spacial score (nSPS) is 16.2. The van der Waals surface area contributed by atoms with Gasteiger partial charge in [-0.05, 0) is 43.9 Å². The Kier molecular flexibility index (Phi) is 7.25. The maximum Gasteiger partial charge on any atom is 0.422 e. The number of hydrogen-bond acceptors (Lipinski definition) is 5. The smallest absolute Gasteiger partial charge is 0.422 e. The number of aromatic nitrogens is 2. The minimum absolute atomic E-state index is 0. The van der Waals surface area contributed by atoms with E-state index in [1.54, 1.807) is 11.8 Å². The van der Waals surface area contributed by atoms with Gasteiger partial charge in [-0.1, -0.05) is 13.3 Å². The number of carbonyl (C=O) groups excluding carboxylic acids is 2. The predicted molar refractivity (Wildman–Crippen MR) is 124 cm³/mol. The highest BCUT2D eigenvalue weighted by Crippen LogP contribution is 2.55. The molecule has 1 saturated carbocycles. The summed E-state index contributed by atoms with van der Waals surface area (Å²) in [5.41, 5.74) is 6.53. The molecule has 12 heteroatoms. The fourth-order valence-electron chi connectivity index (χ4n) is 4.66. The molecule has 0 radical (unpaired) electrons. The van der Waals surface area contributed by atoms with Gasteiger partial charge in [-0.25, -0.2) is 9.07 Å². The van der Waals surface area contributed by atoms with E-state index < -0.39 is 30.3 Å². The molecular formula is C24H27F4N5O3. The molecule has 1 aromatic heterocycles. The van der Waals surface area contributed by atoms with Crippen LogP contribution in [0.25, 0.3) is 11.3 Å². The van der Waals surface area contributed by atoms with Crippen LogP contribution in [0.4, 0.5) is 23.4 Å². The molecule has 0 bridgehead atoms. The van der Waals surface area contributed by atoms with E-state index in [2.05, 4.69) is 27.0 Å². The van der Waals surface area contributed by atoms with Crippen molar-refractivity contribution in [3.05, 3.63) is 29.6 Å². The first-order valence-electron chi connectivity index (χ1n) is 10.8. The number of halogens is 4. The molecule has 0 atom stereocenters. The Morgan fingerprint density at radius 2 is 1.97 bits per heavy atom. The summed E-state index contributed by atoms with van der Waals surface area (Å²) in [5.74, 6) is 2.83. The van der Waals surface area contributed by atoms with Crippen LogP contribution in [0, 0.1) is 23.1 Å². The van der Waals surface area contributed by atoms with Crippen LogP contribution in [0.5, 0.6) is 5.75 Å². The Labute approximate surface area is 205 Å². The second-order valence-corrected chi connectivity index (χ2v) is 8.78. The standard InChI is InChI=1S/C23H23F4N5O3.CH4/c1-3-4-17(33)31-10-22(11-31)8-14(9-22)32-20(28)18(21(34)29-2)19(30-32)13-5-6-15(24)16(7-13)35-12-23(25,26)27;/h5-7,14H,8-12,28H2,1-2H3,(H,29,34);1H4. The van der Waals surface area contributed by atoms with Crippen molar-refractivity contribution in [1.29, 1.82) is 0 Å². The van der Waals surface area contributed by atoms with Gasteiger partial charge in [0.15, 0.2) is 18.2 Å². The summed E-state index contributed by atoms with van der Waals surface area (Å²) in [4.78, 5) is 26.2. The number of carbonyl (C=O) groups is 2. The van der Waals surface area contributed by atoms with E-state index in [0.29, 0.717) is 25.9 Å². The lowest BCUT2D eigenvalue weighted by Crippen LogP contribution is -2.63. The Hall–Kier alpha value is -3.75. The zero-order valence-electron chi connectivity index (χ0n) is 19.0. The second kappa shape index (κ2) is 9.72. The van der Waals surface area contributed by atoms with Gasteiger partial charge in [0.2, 0.25) is 0 Å². The van der Waals surface area contributed by atoms with Gasteiger partial charge in [-0.2, -0.15) is 18.3 Å². The van der Waals surface area contributed by atoms with Crippen molar-refractivity contribution in [2.75, 3.05) is 32.5 Å². The molecular weight excluding hydrogens is 482 g/mol. The van der Waals surface area contributed by atoms with Crippen molar-refractivity contribution in [1.82, 2.24) is 20.0 Å². The third-order valence-corrected chi connectivity index (χ3v) is 6.25. The summed E-state index contributed by atoms with van der Waals surface area (Å²) in [6.07, 6.45) is -3.29. The third-order valence-electron chi connectivity index (χ3n) is 6.25. The Balaban J connectivity index is 0.00000361. The topological polar surface area (TPSA) is 102 Å². The summed E-state index contributed by atoms with van der Waals surface area (Å²) in [6.45, 7) is 1.08. The average molecular weight is 510 g/mol. The zero-order valence-corrected chi connectivity index (χ0v) is 19.0. The van der Waals surface area contributed by atoms with E-state index in [1.807, 2.05) is 0 Å². The molecule has 194 valence electrons. The highest BCUT2D eigenvalue weighted by Gasteiger charge is 2.55. The first-order valence-corrected chi connectivity index (χ1v) is 10.8. The highest BCUT2D eigenvalue weighted by atomic mass is 19.4. The molecule has 4 rings (SSSR count). The van der Waals surface area contributed by atoms with E-state index in [4.69, 9.17) is 5.73 Å². The fourth-order valence-corrected chi connectivity index (χ4v) is 4.66. The Morgan fingerprint density at radius 1 is 1.31 bits per heavy atom. The van der Waals surface area contributed by atoms with Gasteiger partial charge in [0.05, 0.1) is 6.04 Å². The van der Waals surface area contributed by atoms with E-state index in [1.165, 1.54) is 17.8 Å². The molecule has 36 heavy (non-hydrogen) atoms. The van der Waals surface area contributed by atoms with Gasteiger partial charge >= 0.3 is 6.18 Å². The lowest BCUT2D eigenvalue weighted by molar-refractivity contribution is -0.153. The molecule has 2 aliphatic rings. The molecule has 1 aromatic carbocycles. The molecule has 3 N–H and O–H groups in total. The van der Waals surface area contributed by atoms with Crippen LogP contribution >= 0.6 is 0 Å². The van der Waals surface area contributed by atoms with Crippen molar-refractivity contribution in [3.63, 3.8) is 0 Å². The molecule has 1 aliphatic carbocycles. The minimum Gasteiger partial charge on any atom is -0.481 e. The summed E-state index contributed by atoms with van der Waals surface area (Å²) in [7, 11) is 1.41. The molecule has 1 saturated heterocycles. The summed E-state index contributed by atoms with van der Waals surface area (Å²) in [6, 6.07) is 3.16. The number of anilines is 1. The lowest BCUT2D eigenvalue weighted by Gasteiger charge is -2.58. The first kappa shape index (κ1) is 26.8. The van der Waals surface area contributed by atoms with E-state index in [-0.39, 0.29) is 47.4 Å². The maximum absolute atomic E-state index is 14.1. The van der Waals surface area contributed by atoms with Crippen LogP contribution in [0.2, 0.25) is 0 Å². The molecule has 2 heterocycles. The van der Waals surface area contributed by atoms with Crippen molar-refractivity contribution in [2.24, 2.45) is 5.41 Å². The zero-order chi connectivity index (χ0) is 25.5. The first-order chi connectivity index (χ1) is 16.5. The van der Waals surface area contributed by atoms with Gasteiger partial charge in [0, 0.05) is 31.1 Å². The van der Waals surface area contributed by atoms with Gasteiger partial charge < -0.3 is 20.7 Å². The summed E-state index contributed by atoms with van der Waals surface area (Å²) >= 11 is 0. The number of nitrogens with one attached hydrogen (secondary N) is 1. The Morgan fingerprint density at radius 3 is 2.56 bits per heavy atom. The van der Waals surface area contributed by atoms with Crippen LogP contribution in [0.3, 0.4) is 0 Å². The number of hydrogen-bond donors (Lipinski definition) is 2. The number of likely N-dealkylation sites (tertiary alicyclic amines) is 1. The number of nitrogen functional groups attached to an aromatic ring is 1. The molecule has 1 aliphatic heterocycles. The summed E-state index contributed by atoms with van der Waals surface area (Å²) < 4.78 is 57.8. The number of nitrogens with zero attached hydrogens (tertiary/aromatic N) is 3. The second-order valence-electron chi connectivity index (χ2n) is 8.78. The third kappa shape index (κ3) is 4.96. The van der Waals surface area contributed by atoms with Crippen LogP contribution in [0.1, 0.15) is 43.6 Å². The van der Waals surface area contributed by atoms with Crippen LogP contribution in [-0.2, 0) is 4.79 Å². The van der Waals surface area contributed by atoms with Crippen molar-refractivity contribution in [3.8, 4) is 28.8 Å². The number of rotatable bonds is 5. The van der Waals surface area contributed by atoms with Gasteiger partial charge in [-0.3, -0.25) is 9.59 Å². The van der Waals surface area contributed by atoms with E-state index in [0.717, 1.165) is 12.1 Å². The number of benzene rings is 1. The molecule has 2 amide bonds. The number of ether oxygens (including phenoxy) is 1. The maximum atomic E-state index is 14.1. The van der Waals surface area contributed by atoms with Gasteiger partial charge in [0.1, 0.15) is 17.1 Å². The van der Waals surface area contributed by atoms with Crippen molar-refractivity contribution in [2.45, 2.75) is 39.4 Å². The van der Waals surface area contributed by atoms with E-state index >= 15 is 0 Å². The van der Waals surface area contributed by atoms with Gasteiger partial charge in [-0.15, -0.1) is 0 Å². The fraction of sp³-hybridized carbons (Fsp3) is 0.458. The number of alkyl halides is 3. The molecule has 0 unspecified atom stereocenters. The molecule has 1 spiro atoms. The number of nitrogens with two attached hydrogens (primary N) is 1. The lowest BCUT2D eigenvalue weighted by atomic mass is 9.60. The van der Waals surface area contributed by atoms with E-state index in [9.17, 15) is 27.2 Å². The largest absolute Gasteiger partial charge is 0.481 e. The predicted octanol–water partition coefficient (Wildman–Crippen LogP) is 3.40. The van der Waals surface area contributed by atoms with Crippen LogP contribution in [0.15, 0.2) is 18.2 Å². The Bertz CT molecular complexity index is 1230. The monoisotopic (exact) mass is 509 g/mol. The average Bonchev–Trinajstić information content (AvgIpc) is 3.07. The summed E-state index contributed by atoms with van der Waals surface area (Å²) in [5, 5.41) is 6.96. The molecule has 2 aromatic rings. The van der Waals surface area contributed by atoms with Crippen molar-refractivity contribution < 1.29 is 31.9 Å². The van der Waals surface area contributed by atoms with Crippen molar-refractivity contribution >= 4 is 17.6 Å². The highest BCUT2D eigenvalue weighted by molar-refractivity contribution is 6.04. The SMILES string of the molecule is C.CC#CC(=O)N1CC2(CC(n3nc(-c4ccc(F)c(OCC(F)(F)F)c4)c(C(=O)NC)c3N)C2)C1. The minimum atomic E-state index is -4.65.